The second kappa shape index (κ2) is 10.0. The van der Waals surface area contributed by atoms with Crippen molar-refractivity contribution in [1.82, 2.24) is 0 Å². The molecule has 0 saturated heterocycles. The second-order valence-electron chi connectivity index (χ2n) is 7.55. The second-order valence-corrected chi connectivity index (χ2v) is 7.55. The fourth-order valence-corrected chi connectivity index (χ4v) is 4.25. The van der Waals surface area contributed by atoms with Crippen LogP contribution in [0.4, 0.5) is 0 Å². The number of ether oxygens (including phenoxy) is 2. The maximum atomic E-state index is 11.6. The molecule has 0 N–H and O–H groups in total. The third-order valence-corrected chi connectivity index (χ3v) is 5.61. The Kier molecular flexibility index (Phi) is 8.07. The van der Waals surface area contributed by atoms with Gasteiger partial charge in [0.05, 0.1) is 0 Å². The molecule has 0 aromatic carbocycles. The van der Waals surface area contributed by atoms with Crippen molar-refractivity contribution in [2.75, 3.05) is 0 Å². The monoisotopic (exact) mass is 338 g/mol. The first kappa shape index (κ1) is 19.3. The normalized spacial score (nSPS) is 30.6. The Bertz CT molecular complexity index is 352. The molecule has 0 unspecified atom stereocenters. The number of rotatable bonds is 7. The van der Waals surface area contributed by atoms with Crippen LogP contribution in [0.1, 0.15) is 90.9 Å². The highest BCUT2D eigenvalue weighted by Crippen LogP contribution is 2.39. The van der Waals surface area contributed by atoms with Crippen LogP contribution in [0.5, 0.6) is 0 Å². The largest absolute Gasteiger partial charge is 0.462 e. The summed E-state index contributed by atoms with van der Waals surface area (Å²) < 4.78 is 11.1. The molecule has 4 heteroatoms. The molecule has 0 aliphatic heterocycles. The van der Waals surface area contributed by atoms with E-state index in [4.69, 9.17) is 9.47 Å². The van der Waals surface area contributed by atoms with Crippen molar-refractivity contribution in [2.24, 2.45) is 11.8 Å². The molecule has 2 aliphatic rings. The van der Waals surface area contributed by atoms with Gasteiger partial charge in [-0.3, -0.25) is 9.59 Å². The molecule has 2 saturated carbocycles. The van der Waals surface area contributed by atoms with Crippen LogP contribution >= 0.6 is 0 Å². The van der Waals surface area contributed by atoms with E-state index in [1.165, 1.54) is 25.7 Å². The van der Waals surface area contributed by atoms with E-state index >= 15 is 0 Å². The topological polar surface area (TPSA) is 52.6 Å². The Balaban J connectivity index is 1.65. The summed E-state index contributed by atoms with van der Waals surface area (Å²) in [6.45, 7) is 4.02. The lowest BCUT2D eigenvalue weighted by Crippen LogP contribution is -2.31. The molecule has 0 atom stereocenters. The summed E-state index contributed by atoms with van der Waals surface area (Å²) in [6.07, 6.45) is 11.9. The zero-order valence-electron chi connectivity index (χ0n) is 15.4. The Morgan fingerprint density at radius 2 is 1.00 bits per heavy atom. The number of hydrogen-bond acceptors (Lipinski definition) is 4. The van der Waals surface area contributed by atoms with Crippen LogP contribution in [0, 0.1) is 11.8 Å². The third kappa shape index (κ3) is 6.10. The maximum Gasteiger partial charge on any atom is 0.306 e. The lowest BCUT2D eigenvalue weighted by atomic mass is 9.72. The van der Waals surface area contributed by atoms with Crippen molar-refractivity contribution in [3.63, 3.8) is 0 Å². The van der Waals surface area contributed by atoms with Crippen LogP contribution in [0.15, 0.2) is 0 Å². The van der Waals surface area contributed by atoms with E-state index in [0.717, 1.165) is 50.4 Å². The number of esters is 2. The minimum absolute atomic E-state index is 0.0321. The van der Waals surface area contributed by atoms with E-state index < -0.39 is 0 Å². The Labute approximate surface area is 146 Å². The van der Waals surface area contributed by atoms with Gasteiger partial charge in [-0.25, -0.2) is 0 Å². The van der Waals surface area contributed by atoms with Crippen molar-refractivity contribution >= 4 is 11.9 Å². The van der Waals surface area contributed by atoms with Gasteiger partial charge in [-0.15, -0.1) is 0 Å². The molecule has 2 aliphatic carbocycles. The van der Waals surface area contributed by atoms with Crippen LogP contribution in [0.25, 0.3) is 0 Å². The molecule has 138 valence electrons. The predicted molar refractivity (Wildman–Crippen MR) is 93.5 cm³/mol. The van der Waals surface area contributed by atoms with Crippen LogP contribution in [0.2, 0.25) is 0 Å². The minimum atomic E-state index is -0.0321. The van der Waals surface area contributed by atoms with E-state index in [1.54, 1.807) is 0 Å². The van der Waals surface area contributed by atoms with Gasteiger partial charge in [-0.05, 0) is 76.0 Å². The SMILES string of the molecule is CCCC(=O)O[C@H]1CC[C@H]([C@H]2CC[C@H](OC(=O)CCC)CC2)CC1. The molecular formula is C20H34O4. The van der Waals surface area contributed by atoms with E-state index in [-0.39, 0.29) is 24.1 Å². The van der Waals surface area contributed by atoms with Crippen molar-refractivity contribution in [3.05, 3.63) is 0 Å². The molecule has 2 rings (SSSR count). The Morgan fingerprint density at radius 3 is 1.29 bits per heavy atom. The van der Waals surface area contributed by atoms with Crippen molar-refractivity contribution in [2.45, 2.75) is 103 Å². The van der Waals surface area contributed by atoms with E-state index in [2.05, 4.69) is 0 Å². The Hall–Kier alpha value is -1.06. The first-order valence-electron chi connectivity index (χ1n) is 10.0. The van der Waals surface area contributed by atoms with Gasteiger partial charge in [-0.2, -0.15) is 0 Å². The summed E-state index contributed by atoms with van der Waals surface area (Å²) in [6, 6.07) is 0. The quantitative estimate of drug-likeness (QED) is 0.626. The highest BCUT2D eigenvalue weighted by atomic mass is 16.5. The summed E-state index contributed by atoms with van der Waals surface area (Å²) in [7, 11) is 0. The molecule has 2 fully saturated rings. The molecule has 24 heavy (non-hydrogen) atoms. The average Bonchev–Trinajstić information content (AvgIpc) is 2.57. The van der Waals surface area contributed by atoms with Gasteiger partial charge in [-0.1, -0.05) is 13.8 Å². The standard InChI is InChI=1S/C20H34O4/c1-3-5-19(21)23-17-11-7-15(8-12-17)16-9-13-18(14-10-16)24-20(22)6-4-2/h15-18H,3-14H2,1-2H3/t15-,16-,17-,18-. The summed E-state index contributed by atoms with van der Waals surface area (Å²) in [4.78, 5) is 23.2. The molecule has 0 heterocycles. The van der Waals surface area contributed by atoms with Crippen molar-refractivity contribution in [1.29, 1.82) is 0 Å². The number of hydrogen-bond donors (Lipinski definition) is 0. The smallest absolute Gasteiger partial charge is 0.306 e. The van der Waals surface area contributed by atoms with E-state index in [9.17, 15) is 9.59 Å². The summed E-state index contributed by atoms with van der Waals surface area (Å²) in [5.74, 6) is 1.46. The average molecular weight is 338 g/mol. The fourth-order valence-electron chi connectivity index (χ4n) is 4.25. The van der Waals surface area contributed by atoms with E-state index in [1.807, 2.05) is 13.8 Å². The lowest BCUT2D eigenvalue weighted by Gasteiger charge is -2.37. The first-order chi connectivity index (χ1) is 11.6. The Morgan fingerprint density at radius 1 is 0.667 bits per heavy atom. The fraction of sp³-hybridized carbons (Fsp3) is 0.900. The van der Waals surface area contributed by atoms with Gasteiger partial charge in [0.2, 0.25) is 0 Å². The molecule has 4 nitrogen and oxygen atoms in total. The summed E-state index contributed by atoms with van der Waals surface area (Å²) in [5.41, 5.74) is 0. The van der Waals surface area contributed by atoms with Gasteiger partial charge < -0.3 is 9.47 Å². The summed E-state index contributed by atoms with van der Waals surface area (Å²) >= 11 is 0. The first-order valence-corrected chi connectivity index (χ1v) is 10.0. The molecule has 0 bridgehead atoms. The number of carbonyl (C=O) groups excluding carboxylic acids is 2. The molecular weight excluding hydrogens is 304 g/mol. The lowest BCUT2D eigenvalue weighted by molar-refractivity contribution is -0.153. The molecule has 0 spiro atoms. The van der Waals surface area contributed by atoms with Crippen molar-refractivity contribution < 1.29 is 19.1 Å². The van der Waals surface area contributed by atoms with Crippen LogP contribution in [-0.2, 0) is 19.1 Å². The maximum absolute atomic E-state index is 11.6. The zero-order valence-corrected chi connectivity index (χ0v) is 15.4. The zero-order chi connectivity index (χ0) is 17.4. The van der Waals surface area contributed by atoms with Gasteiger partial charge in [0.25, 0.3) is 0 Å². The van der Waals surface area contributed by atoms with Crippen LogP contribution in [0.3, 0.4) is 0 Å². The highest BCUT2D eigenvalue weighted by Gasteiger charge is 2.32. The molecule has 0 amide bonds. The van der Waals surface area contributed by atoms with Gasteiger partial charge in [0, 0.05) is 12.8 Å². The van der Waals surface area contributed by atoms with Crippen molar-refractivity contribution in [3.8, 4) is 0 Å². The predicted octanol–water partition coefficient (Wildman–Crippen LogP) is 4.79. The molecule has 0 aromatic heterocycles. The van der Waals surface area contributed by atoms with E-state index in [0.29, 0.717) is 12.8 Å². The molecule has 0 radical (unpaired) electrons. The van der Waals surface area contributed by atoms with Crippen LogP contribution < -0.4 is 0 Å². The van der Waals surface area contributed by atoms with Gasteiger partial charge in [0.1, 0.15) is 12.2 Å². The van der Waals surface area contributed by atoms with Crippen LogP contribution in [-0.4, -0.2) is 24.1 Å². The minimum Gasteiger partial charge on any atom is -0.462 e. The van der Waals surface area contributed by atoms with Gasteiger partial charge >= 0.3 is 11.9 Å². The molecule has 0 aromatic rings. The van der Waals surface area contributed by atoms with Gasteiger partial charge in [0.15, 0.2) is 0 Å². The number of carbonyl (C=O) groups is 2. The summed E-state index contributed by atoms with van der Waals surface area (Å²) in [5, 5.41) is 0. The third-order valence-electron chi connectivity index (χ3n) is 5.61. The highest BCUT2D eigenvalue weighted by molar-refractivity contribution is 5.69.